The molecule has 1 N–H and O–H groups in total. The molecule has 3 rings (SSSR count). The number of rotatable bonds is 7. The Morgan fingerprint density at radius 2 is 2.13 bits per heavy atom. The minimum atomic E-state index is 0.632. The van der Waals surface area contributed by atoms with E-state index in [0.717, 1.165) is 37.4 Å². The molecule has 1 aliphatic rings. The van der Waals surface area contributed by atoms with Crippen molar-refractivity contribution < 1.29 is 4.74 Å². The summed E-state index contributed by atoms with van der Waals surface area (Å²) < 4.78 is 5.91. The van der Waals surface area contributed by atoms with Crippen LogP contribution in [-0.4, -0.2) is 23.1 Å². The molecule has 0 saturated heterocycles. The molecule has 0 aliphatic heterocycles. The van der Waals surface area contributed by atoms with Crippen molar-refractivity contribution >= 4 is 5.82 Å². The van der Waals surface area contributed by atoms with Crippen LogP contribution in [0.2, 0.25) is 0 Å². The molecule has 0 saturated carbocycles. The van der Waals surface area contributed by atoms with E-state index in [1.807, 2.05) is 0 Å². The first kappa shape index (κ1) is 15.8. The number of hydrogen-bond acceptors (Lipinski definition) is 4. The van der Waals surface area contributed by atoms with Crippen LogP contribution in [0.1, 0.15) is 42.1 Å². The monoisotopic (exact) mass is 311 g/mol. The van der Waals surface area contributed by atoms with Crippen LogP contribution < -0.4 is 10.1 Å². The van der Waals surface area contributed by atoms with Crippen LogP contribution in [0.5, 0.6) is 5.75 Å². The lowest BCUT2D eigenvalue weighted by atomic mass is 10.1. The summed E-state index contributed by atoms with van der Waals surface area (Å²) in [6.07, 6.45) is 7.30. The van der Waals surface area contributed by atoms with Gasteiger partial charge < -0.3 is 10.1 Å². The predicted octanol–water partition coefficient (Wildman–Crippen LogP) is 3.72. The molecule has 23 heavy (non-hydrogen) atoms. The SMILES string of the molecule is CCCc1ccc(OCCNc2ncnc3c2CCC3)c(C)c1. The number of aryl methyl sites for hydroxylation is 3. The summed E-state index contributed by atoms with van der Waals surface area (Å²) in [6, 6.07) is 6.48. The molecule has 1 aromatic carbocycles. The molecular weight excluding hydrogens is 286 g/mol. The Labute approximate surface area is 138 Å². The molecule has 0 bridgehead atoms. The Bertz CT molecular complexity index is 670. The predicted molar refractivity (Wildman–Crippen MR) is 93.2 cm³/mol. The molecule has 0 amide bonds. The molecule has 4 nitrogen and oxygen atoms in total. The van der Waals surface area contributed by atoms with Gasteiger partial charge in [-0.1, -0.05) is 25.5 Å². The van der Waals surface area contributed by atoms with Crippen molar-refractivity contribution in [3.8, 4) is 5.75 Å². The normalized spacial score (nSPS) is 13.0. The maximum Gasteiger partial charge on any atom is 0.132 e. The van der Waals surface area contributed by atoms with Gasteiger partial charge in [0.1, 0.15) is 24.5 Å². The van der Waals surface area contributed by atoms with Crippen LogP contribution in [0, 0.1) is 6.92 Å². The fraction of sp³-hybridized carbons (Fsp3) is 0.474. The summed E-state index contributed by atoms with van der Waals surface area (Å²) in [5.74, 6) is 1.95. The molecule has 0 unspecified atom stereocenters. The van der Waals surface area contributed by atoms with E-state index in [1.54, 1.807) is 6.33 Å². The van der Waals surface area contributed by atoms with Crippen molar-refractivity contribution in [1.29, 1.82) is 0 Å². The number of aromatic nitrogens is 2. The Hall–Kier alpha value is -2.10. The van der Waals surface area contributed by atoms with Crippen LogP contribution in [0.3, 0.4) is 0 Å². The zero-order chi connectivity index (χ0) is 16.1. The fourth-order valence-electron chi connectivity index (χ4n) is 3.16. The molecule has 0 radical (unpaired) electrons. The van der Waals surface area contributed by atoms with Crippen molar-refractivity contribution in [2.45, 2.75) is 46.0 Å². The van der Waals surface area contributed by atoms with Gasteiger partial charge in [-0.15, -0.1) is 0 Å². The van der Waals surface area contributed by atoms with Crippen LogP contribution >= 0.6 is 0 Å². The summed E-state index contributed by atoms with van der Waals surface area (Å²) in [4.78, 5) is 8.72. The van der Waals surface area contributed by atoms with Crippen molar-refractivity contribution in [2.24, 2.45) is 0 Å². The maximum atomic E-state index is 5.91. The van der Waals surface area contributed by atoms with Gasteiger partial charge in [-0.2, -0.15) is 0 Å². The zero-order valence-electron chi connectivity index (χ0n) is 14.1. The summed E-state index contributed by atoms with van der Waals surface area (Å²) in [7, 11) is 0. The second kappa shape index (κ2) is 7.44. The minimum absolute atomic E-state index is 0.632. The van der Waals surface area contributed by atoms with Gasteiger partial charge in [-0.3, -0.25) is 0 Å². The van der Waals surface area contributed by atoms with Crippen LogP contribution in [0.15, 0.2) is 24.5 Å². The number of hydrogen-bond donors (Lipinski definition) is 1. The molecule has 0 fully saturated rings. The molecule has 1 heterocycles. The average molecular weight is 311 g/mol. The Kier molecular flexibility index (Phi) is 5.11. The van der Waals surface area contributed by atoms with Gasteiger partial charge in [-0.25, -0.2) is 9.97 Å². The second-order valence-corrected chi connectivity index (χ2v) is 6.13. The van der Waals surface area contributed by atoms with Crippen LogP contribution in [-0.2, 0) is 19.3 Å². The number of benzene rings is 1. The Morgan fingerprint density at radius 1 is 1.22 bits per heavy atom. The third-order valence-corrected chi connectivity index (χ3v) is 4.31. The summed E-state index contributed by atoms with van der Waals surface area (Å²) >= 11 is 0. The molecule has 2 aromatic rings. The van der Waals surface area contributed by atoms with Gasteiger partial charge in [0, 0.05) is 11.3 Å². The zero-order valence-corrected chi connectivity index (χ0v) is 14.1. The fourth-order valence-corrected chi connectivity index (χ4v) is 3.16. The molecule has 0 atom stereocenters. The minimum Gasteiger partial charge on any atom is -0.491 e. The summed E-state index contributed by atoms with van der Waals surface area (Å²) in [6.45, 7) is 5.70. The van der Waals surface area contributed by atoms with E-state index in [2.05, 4.69) is 47.3 Å². The van der Waals surface area contributed by atoms with E-state index >= 15 is 0 Å². The molecule has 4 heteroatoms. The van der Waals surface area contributed by atoms with Gasteiger partial charge in [-0.05, 0) is 49.8 Å². The molecule has 0 spiro atoms. The van der Waals surface area contributed by atoms with E-state index in [1.165, 1.54) is 35.2 Å². The van der Waals surface area contributed by atoms with E-state index in [0.29, 0.717) is 6.61 Å². The average Bonchev–Trinajstić information content (AvgIpc) is 3.03. The van der Waals surface area contributed by atoms with Gasteiger partial charge in [0.15, 0.2) is 0 Å². The van der Waals surface area contributed by atoms with Gasteiger partial charge >= 0.3 is 0 Å². The number of nitrogens with one attached hydrogen (secondary N) is 1. The highest BCUT2D eigenvalue weighted by Crippen LogP contribution is 2.25. The number of nitrogens with zero attached hydrogens (tertiary/aromatic N) is 2. The van der Waals surface area contributed by atoms with Crippen molar-refractivity contribution in [1.82, 2.24) is 9.97 Å². The van der Waals surface area contributed by atoms with E-state index in [-0.39, 0.29) is 0 Å². The number of anilines is 1. The highest BCUT2D eigenvalue weighted by Gasteiger charge is 2.16. The van der Waals surface area contributed by atoms with Gasteiger partial charge in [0.05, 0.1) is 6.54 Å². The van der Waals surface area contributed by atoms with E-state index in [4.69, 9.17) is 4.74 Å². The van der Waals surface area contributed by atoms with Crippen molar-refractivity contribution in [3.63, 3.8) is 0 Å². The third-order valence-electron chi connectivity index (χ3n) is 4.31. The quantitative estimate of drug-likeness (QED) is 0.792. The van der Waals surface area contributed by atoms with Crippen LogP contribution in [0.4, 0.5) is 5.82 Å². The highest BCUT2D eigenvalue weighted by molar-refractivity contribution is 5.47. The van der Waals surface area contributed by atoms with Gasteiger partial charge in [0.2, 0.25) is 0 Å². The lowest BCUT2D eigenvalue weighted by Gasteiger charge is -2.12. The first-order valence-corrected chi connectivity index (χ1v) is 8.57. The maximum absolute atomic E-state index is 5.91. The smallest absolute Gasteiger partial charge is 0.132 e. The first-order valence-electron chi connectivity index (χ1n) is 8.57. The van der Waals surface area contributed by atoms with Crippen LogP contribution in [0.25, 0.3) is 0 Å². The lowest BCUT2D eigenvalue weighted by Crippen LogP contribution is -2.14. The largest absolute Gasteiger partial charge is 0.491 e. The molecule has 122 valence electrons. The first-order chi connectivity index (χ1) is 11.3. The molecule has 1 aliphatic carbocycles. The highest BCUT2D eigenvalue weighted by atomic mass is 16.5. The number of fused-ring (bicyclic) bond motifs is 1. The Morgan fingerprint density at radius 3 is 2.96 bits per heavy atom. The Balaban J connectivity index is 1.51. The lowest BCUT2D eigenvalue weighted by molar-refractivity contribution is 0.330. The summed E-state index contributed by atoms with van der Waals surface area (Å²) in [5.41, 5.74) is 5.07. The second-order valence-electron chi connectivity index (χ2n) is 6.13. The molecule has 1 aromatic heterocycles. The van der Waals surface area contributed by atoms with Crippen molar-refractivity contribution in [3.05, 3.63) is 46.9 Å². The third kappa shape index (κ3) is 3.81. The molecular formula is C19H25N3O. The van der Waals surface area contributed by atoms with Gasteiger partial charge in [0.25, 0.3) is 0 Å². The topological polar surface area (TPSA) is 47.0 Å². The summed E-state index contributed by atoms with van der Waals surface area (Å²) in [5, 5.41) is 3.39. The number of ether oxygens (including phenoxy) is 1. The van der Waals surface area contributed by atoms with Crippen molar-refractivity contribution in [2.75, 3.05) is 18.5 Å². The van der Waals surface area contributed by atoms with E-state index in [9.17, 15) is 0 Å². The standard InChI is InChI=1S/C19H25N3O/c1-3-5-15-8-9-18(14(2)12-15)23-11-10-20-19-16-6-4-7-17(16)21-13-22-19/h8-9,12-13H,3-7,10-11H2,1-2H3,(H,20,21,22). The van der Waals surface area contributed by atoms with E-state index < -0.39 is 0 Å².